The molecule has 1 heterocycles. The van der Waals surface area contributed by atoms with Gasteiger partial charge in [-0.05, 0) is 43.1 Å². The molecule has 2 unspecified atom stereocenters. The van der Waals surface area contributed by atoms with E-state index in [4.69, 9.17) is 16.3 Å². The number of ether oxygens (including phenoxy) is 1. The summed E-state index contributed by atoms with van der Waals surface area (Å²) < 4.78 is 5.99. The third-order valence-electron chi connectivity index (χ3n) is 4.65. The molecule has 116 valence electrons. The van der Waals surface area contributed by atoms with E-state index in [1.54, 1.807) is 0 Å². The first kappa shape index (κ1) is 15.1. The molecule has 4 heteroatoms. The molecular formula is C17H25ClN2O. The van der Waals surface area contributed by atoms with E-state index in [1.165, 1.54) is 36.9 Å². The zero-order valence-electron chi connectivity index (χ0n) is 12.8. The van der Waals surface area contributed by atoms with Crippen LogP contribution in [0.2, 0.25) is 5.02 Å². The summed E-state index contributed by atoms with van der Waals surface area (Å²) in [4.78, 5) is 2.57. The molecule has 3 nitrogen and oxygen atoms in total. The Hall–Kier alpha value is -0.770. The lowest BCUT2D eigenvalue weighted by Crippen LogP contribution is -2.53. The van der Waals surface area contributed by atoms with E-state index >= 15 is 0 Å². The molecule has 1 saturated carbocycles. The number of halogens is 1. The molecule has 21 heavy (non-hydrogen) atoms. The van der Waals surface area contributed by atoms with Crippen molar-refractivity contribution >= 4 is 17.3 Å². The first-order valence-corrected chi connectivity index (χ1v) is 8.54. The zero-order valence-corrected chi connectivity index (χ0v) is 13.5. The summed E-state index contributed by atoms with van der Waals surface area (Å²) in [6.07, 6.45) is 5.48. The number of nitrogens with one attached hydrogen (secondary N) is 1. The van der Waals surface area contributed by atoms with Gasteiger partial charge in [0.15, 0.2) is 0 Å². The Morgan fingerprint density at radius 2 is 2.19 bits per heavy atom. The van der Waals surface area contributed by atoms with E-state index in [0.29, 0.717) is 12.1 Å². The molecule has 2 aliphatic rings. The number of anilines is 1. The minimum Gasteiger partial charge on any atom is -0.374 e. The van der Waals surface area contributed by atoms with Gasteiger partial charge in [-0.15, -0.1) is 0 Å². The van der Waals surface area contributed by atoms with Crippen LogP contribution < -0.4 is 10.2 Å². The summed E-state index contributed by atoms with van der Waals surface area (Å²) >= 11 is 6.20. The Kier molecular flexibility index (Phi) is 5.04. The Labute approximate surface area is 132 Å². The molecule has 0 bridgehead atoms. The van der Waals surface area contributed by atoms with Gasteiger partial charge in [0.1, 0.15) is 0 Å². The highest BCUT2D eigenvalue weighted by atomic mass is 35.5. The summed E-state index contributed by atoms with van der Waals surface area (Å²) in [6.45, 7) is 5.81. The molecule has 0 radical (unpaired) electrons. The van der Waals surface area contributed by atoms with E-state index < -0.39 is 0 Å². The molecule has 0 spiro atoms. The minimum absolute atomic E-state index is 0.412. The molecule has 1 N–H and O–H groups in total. The van der Waals surface area contributed by atoms with E-state index in [-0.39, 0.29) is 0 Å². The summed E-state index contributed by atoms with van der Waals surface area (Å²) in [6, 6.07) is 6.84. The van der Waals surface area contributed by atoms with Gasteiger partial charge in [0.25, 0.3) is 0 Å². The molecule has 1 aromatic carbocycles. The smallest absolute Gasteiger partial charge is 0.0779 e. The normalized spacial score (nSPS) is 25.7. The van der Waals surface area contributed by atoms with Gasteiger partial charge in [-0.25, -0.2) is 0 Å². The van der Waals surface area contributed by atoms with Gasteiger partial charge < -0.3 is 15.0 Å². The molecule has 3 rings (SSSR count). The van der Waals surface area contributed by atoms with Gasteiger partial charge in [-0.1, -0.05) is 31.4 Å². The van der Waals surface area contributed by atoms with Gasteiger partial charge in [-0.2, -0.15) is 0 Å². The zero-order chi connectivity index (χ0) is 14.7. The van der Waals surface area contributed by atoms with Crippen molar-refractivity contribution in [3.05, 3.63) is 28.8 Å². The van der Waals surface area contributed by atoms with Crippen molar-refractivity contribution in [2.75, 3.05) is 24.6 Å². The van der Waals surface area contributed by atoms with Crippen molar-refractivity contribution in [2.45, 2.75) is 51.3 Å². The van der Waals surface area contributed by atoms with Crippen LogP contribution >= 0.6 is 11.6 Å². The van der Waals surface area contributed by atoms with Crippen LogP contribution in [0.25, 0.3) is 0 Å². The third kappa shape index (κ3) is 3.36. The molecule has 0 amide bonds. The molecule has 1 saturated heterocycles. The average Bonchev–Trinajstić information content (AvgIpc) is 2.52. The van der Waals surface area contributed by atoms with Gasteiger partial charge >= 0.3 is 0 Å². The fraction of sp³-hybridized carbons (Fsp3) is 0.647. The first-order chi connectivity index (χ1) is 10.3. The van der Waals surface area contributed by atoms with Gasteiger partial charge in [0, 0.05) is 23.8 Å². The van der Waals surface area contributed by atoms with Crippen molar-refractivity contribution in [2.24, 2.45) is 0 Å². The van der Waals surface area contributed by atoms with Crippen molar-refractivity contribution in [1.29, 1.82) is 0 Å². The highest BCUT2D eigenvalue weighted by molar-refractivity contribution is 6.30. The second-order valence-corrected chi connectivity index (χ2v) is 6.44. The van der Waals surface area contributed by atoms with Crippen LogP contribution in [0, 0.1) is 0 Å². The third-order valence-corrected chi connectivity index (χ3v) is 4.88. The second-order valence-electron chi connectivity index (χ2n) is 6.01. The lowest BCUT2D eigenvalue weighted by atomic mass is 9.89. The fourth-order valence-electron chi connectivity index (χ4n) is 3.63. The number of morpholine rings is 1. The highest BCUT2D eigenvalue weighted by Crippen LogP contribution is 2.34. The van der Waals surface area contributed by atoms with Crippen LogP contribution in [-0.2, 0) is 11.3 Å². The molecule has 1 aromatic rings. The maximum atomic E-state index is 6.20. The Morgan fingerprint density at radius 3 is 3.05 bits per heavy atom. The van der Waals surface area contributed by atoms with Crippen molar-refractivity contribution in [3.63, 3.8) is 0 Å². The van der Waals surface area contributed by atoms with Crippen LogP contribution in [0.1, 0.15) is 38.2 Å². The highest BCUT2D eigenvalue weighted by Gasteiger charge is 2.34. The predicted molar refractivity (Wildman–Crippen MR) is 88.2 cm³/mol. The van der Waals surface area contributed by atoms with Gasteiger partial charge in [-0.3, -0.25) is 0 Å². The number of rotatable bonds is 4. The standard InChI is InChI=1S/C17H25ClN2O/c1-2-19-12-13-11-14(18)7-8-15(13)20-9-10-21-17-6-4-3-5-16(17)20/h7-8,11,16-17,19H,2-6,9-10,12H2,1H3. The summed E-state index contributed by atoms with van der Waals surface area (Å²) in [5.74, 6) is 0. The SMILES string of the molecule is CCNCc1cc(Cl)ccc1N1CCOC2CCCCC21. The molecule has 1 aliphatic heterocycles. The average molecular weight is 309 g/mol. The van der Waals surface area contributed by atoms with Crippen LogP contribution in [0.3, 0.4) is 0 Å². The van der Waals surface area contributed by atoms with Gasteiger partial charge in [0.2, 0.25) is 0 Å². The lowest BCUT2D eigenvalue weighted by Gasteiger charge is -2.45. The van der Waals surface area contributed by atoms with Crippen molar-refractivity contribution in [3.8, 4) is 0 Å². The fourth-order valence-corrected chi connectivity index (χ4v) is 3.83. The molecule has 1 aliphatic carbocycles. The lowest BCUT2D eigenvalue weighted by molar-refractivity contribution is -0.00874. The van der Waals surface area contributed by atoms with Crippen LogP contribution in [0.15, 0.2) is 18.2 Å². The summed E-state index contributed by atoms with van der Waals surface area (Å²) in [7, 11) is 0. The van der Waals surface area contributed by atoms with E-state index in [2.05, 4.69) is 29.3 Å². The van der Waals surface area contributed by atoms with E-state index in [0.717, 1.165) is 31.3 Å². The van der Waals surface area contributed by atoms with Crippen molar-refractivity contribution in [1.82, 2.24) is 5.32 Å². The Morgan fingerprint density at radius 1 is 1.33 bits per heavy atom. The second kappa shape index (κ2) is 6.99. The molecular weight excluding hydrogens is 284 g/mol. The number of hydrogen-bond acceptors (Lipinski definition) is 3. The minimum atomic E-state index is 0.412. The Balaban J connectivity index is 1.87. The Bertz CT molecular complexity index is 478. The number of benzene rings is 1. The van der Waals surface area contributed by atoms with Crippen LogP contribution in [-0.4, -0.2) is 31.8 Å². The van der Waals surface area contributed by atoms with E-state index in [1.807, 2.05) is 6.07 Å². The molecule has 0 aromatic heterocycles. The van der Waals surface area contributed by atoms with E-state index in [9.17, 15) is 0 Å². The largest absolute Gasteiger partial charge is 0.374 e. The maximum absolute atomic E-state index is 6.20. The number of hydrogen-bond donors (Lipinski definition) is 1. The summed E-state index contributed by atoms with van der Waals surface area (Å²) in [5.41, 5.74) is 2.64. The number of nitrogens with zero attached hydrogens (tertiary/aromatic N) is 1. The molecule has 2 atom stereocenters. The monoisotopic (exact) mass is 308 g/mol. The van der Waals surface area contributed by atoms with Gasteiger partial charge in [0.05, 0.1) is 18.8 Å². The van der Waals surface area contributed by atoms with Crippen LogP contribution in [0.5, 0.6) is 0 Å². The van der Waals surface area contributed by atoms with Crippen molar-refractivity contribution < 1.29 is 4.74 Å². The topological polar surface area (TPSA) is 24.5 Å². The first-order valence-electron chi connectivity index (χ1n) is 8.17. The van der Waals surface area contributed by atoms with Crippen LogP contribution in [0.4, 0.5) is 5.69 Å². The quantitative estimate of drug-likeness (QED) is 0.920. The molecule has 2 fully saturated rings. The maximum Gasteiger partial charge on any atom is 0.0779 e. The summed E-state index contributed by atoms with van der Waals surface area (Å²) in [5, 5.41) is 4.25. The number of fused-ring (bicyclic) bond motifs is 1. The predicted octanol–water partition coefficient (Wildman–Crippen LogP) is 3.60.